The van der Waals surface area contributed by atoms with Crippen molar-refractivity contribution in [1.82, 2.24) is 19.8 Å². The number of anilines is 1. The first-order chi connectivity index (χ1) is 9.83. The van der Waals surface area contributed by atoms with Gasteiger partial charge < -0.3 is 11.1 Å². The first-order valence-corrected chi connectivity index (χ1v) is 8.43. The van der Waals surface area contributed by atoms with Gasteiger partial charge in [0.1, 0.15) is 9.71 Å². The third-order valence-corrected chi connectivity index (χ3v) is 5.77. The number of nitrogens with one attached hydrogen (secondary N) is 1. The Labute approximate surface area is 126 Å². The predicted molar refractivity (Wildman–Crippen MR) is 81.6 cm³/mol. The molecule has 0 unspecified atom stereocenters. The number of amides is 1. The molecule has 2 rings (SSSR count). The molecule has 0 bridgehead atoms. The van der Waals surface area contributed by atoms with E-state index in [0.717, 1.165) is 15.6 Å². The fourth-order valence-electron chi connectivity index (χ4n) is 1.60. The average Bonchev–Trinajstić information content (AvgIpc) is 2.76. The molecule has 2 aromatic heterocycles. The summed E-state index contributed by atoms with van der Waals surface area (Å²) in [6.45, 7) is 0.0126. The van der Waals surface area contributed by atoms with Crippen LogP contribution in [0, 0.1) is 0 Å². The summed E-state index contributed by atoms with van der Waals surface area (Å²) >= 11 is 1.13. The van der Waals surface area contributed by atoms with Gasteiger partial charge in [0.15, 0.2) is 0 Å². The molecule has 8 nitrogen and oxygen atoms in total. The molecular formula is C11H15N5O3S2. The Morgan fingerprint density at radius 3 is 2.81 bits per heavy atom. The van der Waals surface area contributed by atoms with Crippen LogP contribution in [-0.4, -0.2) is 55.2 Å². The number of rotatable bonds is 5. The molecule has 0 fully saturated rings. The zero-order chi connectivity index (χ0) is 15.6. The van der Waals surface area contributed by atoms with E-state index < -0.39 is 15.9 Å². The maximum Gasteiger partial charge on any atom is 0.263 e. The molecule has 0 aliphatic carbocycles. The van der Waals surface area contributed by atoms with Gasteiger partial charge in [0, 0.05) is 26.0 Å². The number of carbonyl (C=O) groups excluding carboxylic acids is 1. The van der Waals surface area contributed by atoms with Gasteiger partial charge in [-0.1, -0.05) is 0 Å². The number of nitrogens with zero attached hydrogens (tertiary/aromatic N) is 3. The van der Waals surface area contributed by atoms with E-state index in [1.165, 1.54) is 20.3 Å². The van der Waals surface area contributed by atoms with Gasteiger partial charge in [0.25, 0.3) is 5.91 Å². The Balaban J connectivity index is 2.08. The van der Waals surface area contributed by atoms with Gasteiger partial charge in [0.05, 0.1) is 17.6 Å². The van der Waals surface area contributed by atoms with Crippen LogP contribution in [0.2, 0.25) is 0 Å². The summed E-state index contributed by atoms with van der Waals surface area (Å²) in [7, 11) is -0.454. The zero-order valence-electron chi connectivity index (χ0n) is 11.5. The van der Waals surface area contributed by atoms with Gasteiger partial charge in [-0.15, -0.1) is 16.4 Å². The fourth-order valence-corrected chi connectivity index (χ4v) is 3.28. The number of sulfonamides is 1. The number of fused-ring (bicyclic) bond motifs is 1. The van der Waals surface area contributed by atoms with E-state index in [4.69, 9.17) is 5.73 Å². The quantitative estimate of drug-likeness (QED) is 0.790. The molecule has 2 aromatic rings. The van der Waals surface area contributed by atoms with Crippen molar-refractivity contribution in [3.8, 4) is 0 Å². The van der Waals surface area contributed by atoms with Crippen LogP contribution in [-0.2, 0) is 10.0 Å². The third kappa shape index (κ3) is 3.28. The monoisotopic (exact) mass is 329 g/mol. The number of aromatic nitrogens is 2. The number of nitrogen functional groups attached to an aromatic ring is 1. The smallest absolute Gasteiger partial charge is 0.263 e. The topological polar surface area (TPSA) is 118 Å². The van der Waals surface area contributed by atoms with Crippen molar-refractivity contribution in [1.29, 1.82) is 0 Å². The van der Waals surface area contributed by atoms with E-state index in [0.29, 0.717) is 20.8 Å². The third-order valence-electron chi connectivity index (χ3n) is 2.83. The lowest BCUT2D eigenvalue weighted by Crippen LogP contribution is -2.33. The molecule has 2 heterocycles. The molecule has 0 radical (unpaired) electrons. The van der Waals surface area contributed by atoms with Crippen molar-refractivity contribution >= 4 is 43.2 Å². The summed E-state index contributed by atoms with van der Waals surface area (Å²) in [5.41, 5.74) is 6.23. The Morgan fingerprint density at radius 2 is 2.19 bits per heavy atom. The summed E-state index contributed by atoms with van der Waals surface area (Å²) in [5.74, 6) is -0.583. The molecular weight excluding hydrogens is 314 g/mol. The van der Waals surface area contributed by atoms with Gasteiger partial charge in [-0.05, 0) is 6.07 Å². The van der Waals surface area contributed by atoms with Gasteiger partial charge in [0.2, 0.25) is 10.0 Å². The van der Waals surface area contributed by atoms with Crippen molar-refractivity contribution in [2.45, 2.75) is 0 Å². The molecule has 0 saturated carbocycles. The van der Waals surface area contributed by atoms with Crippen LogP contribution in [0.15, 0.2) is 12.3 Å². The number of thiophene rings is 1. The lowest BCUT2D eigenvalue weighted by atomic mass is 10.3. The number of hydrogen-bond donors (Lipinski definition) is 2. The second kappa shape index (κ2) is 5.92. The molecule has 21 heavy (non-hydrogen) atoms. The molecule has 0 aliphatic heterocycles. The molecule has 0 saturated heterocycles. The molecule has 0 aliphatic rings. The maximum absolute atomic E-state index is 12.1. The van der Waals surface area contributed by atoms with Crippen molar-refractivity contribution in [2.75, 3.05) is 32.1 Å². The summed E-state index contributed by atoms with van der Waals surface area (Å²) in [4.78, 5) is 12.9. The Hall–Kier alpha value is -1.78. The standard InChI is InChI=1S/C11H15N5O3S2/c1-16(2)21(18,19)6-5-13-10(17)9-8(12)7-3-4-14-15-11(7)20-9/h3-4H,5-6,12H2,1-2H3,(H,13,17). The predicted octanol–water partition coefficient (Wildman–Crippen LogP) is -0.105. The van der Waals surface area contributed by atoms with Crippen LogP contribution >= 0.6 is 11.3 Å². The highest BCUT2D eigenvalue weighted by atomic mass is 32.2. The van der Waals surface area contributed by atoms with Crippen molar-refractivity contribution in [3.63, 3.8) is 0 Å². The number of hydrogen-bond acceptors (Lipinski definition) is 7. The molecule has 0 atom stereocenters. The highest BCUT2D eigenvalue weighted by molar-refractivity contribution is 7.89. The van der Waals surface area contributed by atoms with E-state index >= 15 is 0 Å². The van der Waals surface area contributed by atoms with E-state index in [9.17, 15) is 13.2 Å². The fraction of sp³-hybridized carbons (Fsp3) is 0.364. The summed E-state index contributed by atoms with van der Waals surface area (Å²) in [6.07, 6.45) is 1.50. The van der Waals surface area contributed by atoms with E-state index in [1.807, 2.05) is 0 Å². The first kappa shape index (κ1) is 15.6. The molecule has 1 amide bonds. The largest absolute Gasteiger partial charge is 0.397 e. The minimum atomic E-state index is -3.34. The van der Waals surface area contributed by atoms with Crippen molar-refractivity contribution in [2.24, 2.45) is 0 Å². The van der Waals surface area contributed by atoms with Crippen LogP contribution in [0.3, 0.4) is 0 Å². The van der Waals surface area contributed by atoms with E-state index in [-0.39, 0.29) is 12.3 Å². The lowest BCUT2D eigenvalue weighted by Gasteiger charge is -2.11. The molecule has 0 spiro atoms. The van der Waals surface area contributed by atoms with Crippen molar-refractivity contribution < 1.29 is 13.2 Å². The molecule has 114 valence electrons. The summed E-state index contributed by atoms with van der Waals surface area (Å²) < 4.78 is 24.3. The van der Waals surface area contributed by atoms with Gasteiger partial charge in [-0.2, -0.15) is 5.10 Å². The van der Waals surface area contributed by atoms with Crippen LogP contribution in [0.5, 0.6) is 0 Å². The minimum Gasteiger partial charge on any atom is -0.397 e. The summed E-state index contributed by atoms with van der Waals surface area (Å²) in [6, 6.07) is 1.68. The van der Waals surface area contributed by atoms with Crippen molar-refractivity contribution in [3.05, 3.63) is 17.1 Å². The lowest BCUT2D eigenvalue weighted by molar-refractivity contribution is 0.0961. The van der Waals surface area contributed by atoms with Gasteiger partial charge in [-0.25, -0.2) is 12.7 Å². The Morgan fingerprint density at radius 1 is 1.48 bits per heavy atom. The average molecular weight is 329 g/mol. The molecule has 0 aromatic carbocycles. The molecule has 10 heteroatoms. The Kier molecular flexibility index (Phi) is 4.40. The minimum absolute atomic E-state index is 0.0126. The zero-order valence-corrected chi connectivity index (χ0v) is 13.2. The van der Waals surface area contributed by atoms with Gasteiger partial charge >= 0.3 is 0 Å². The number of nitrogens with two attached hydrogens (primary N) is 1. The first-order valence-electron chi connectivity index (χ1n) is 6.01. The highest BCUT2D eigenvalue weighted by Crippen LogP contribution is 2.31. The summed E-state index contributed by atoms with van der Waals surface area (Å²) in [5, 5.41) is 10.8. The van der Waals surface area contributed by atoms with Crippen LogP contribution in [0.1, 0.15) is 9.67 Å². The molecule has 3 N–H and O–H groups in total. The SMILES string of the molecule is CN(C)S(=O)(=O)CCNC(=O)c1sc2nnccc2c1N. The second-order valence-corrected chi connectivity index (χ2v) is 7.75. The maximum atomic E-state index is 12.1. The second-order valence-electron chi connectivity index (χ2n) is 4.45. The van der Waals surface area contributed by atoms with E-state index in [2.05, 4.69) is 15.5 Å². The van der Waals surface area contributed by atoms with Crippen LogP contribution < -0.4 is 11.1 Å². The van der Waals surface area contributed by atoms with E-state index in [1.54, 1.807) is 6.07 Å². The van der Waals surface area contributed by atoms with Gasteiger partial charge in [-0.3, -0.25) is 4.79 Å². The normalized spacial score (nSPS) is 12.0. The highest BCUT2D eigenvalue weighted by Gasteiger charge is 2.18. The Bertz CT molecular complexity index is 769. The van der Waals surface area contributed by atoms with Crippen LogP contribution in [0.25, 0.3) is 10.2 Å². The number of carbonyl (C=O) groups is 1. The van der Waals surface area contributed by atoms with Crippen LogP contribution in [0.4, 0.5) is 5.69 Å².